The van der Waals surface area contributed by atoms with E-state index >= 15 is 0 Å². The van der Waals surface area contributed by atoms with E-state index in [1.807, 2.05) is 45.0 Å². The average molecular weight is 358 g/mol. The van der Waals surface area contributed by atoms with Crippen molar-refractivity contribution in [3.05, 3.63) is 39.6 Å². The highest BCUT2D eigenvalue weighted by Gasteiger charge is 2.20. The van der Waals surface area contributed by atoms with Gasteiger partial charge in [-0.2, -0.15) is 4.98 Å². The molecule has 0 spiro atoms. The summed E-state index contributed by atoms with van der Waals surface area (Å²) >= 11 is 2.25. The molecule has 0 aliphatic carbocycles. The first-order valence-electron chi connectivity index (χ1n) is 5.66. The molecule has 1 heterocycles. The van der Waals surface area contributed by atoms with Crippen LogP contribution in [0.2, 0.25) is 0 Å². The molecule has 1 aromatic carbocycles. The smallest absolute Gasteiger partial charge is 0.264 e. The zero-order valence-corrected chi connectivity index (χ0v) is 12.8. The Labute approximate surface area is 120 Å². The minimum absolute atomic E-state index is 0.107. The maximum atomic E-state index is 5.57. The predicted molar refractivity (Wildman–Crippen MR) is 76.5 cm³/mol. The zero-order chi connectivity index (χ0) is 13.2. The summed E-state index contributed by atoms with van der Waals surface area (Å²) in [5.41, 5.74) is -0.107. The number of rotatable bonds is 3. The van der Waals surface area contributed by atoms with E-state index in [1.54, 1.807) is 0 Å². The van der Waals surface area contributed by atoms with Gasteiger partial charge in [0.2, 0.25) is 0 Å². The third-order valence-corrected chi connectivity index (χ3v) is 3.03. The van der Waals surface area contributed by atoms with E-state index in [-0.39, 0.29) is 5.41 Å². The molecule has 0 atom stereocenters. The number of hydrogen-bond acceptors (Lipinski definition) is 4. The van der Waals surface area contributed by atoms with Crippen molar-refractivity contribution in [1.82, 2.24) is 10.1 Å². The summed E-state index contributed by atoms with van der Waals surface area (Å²) in [5, 5.41) is 3.95. The second-order valence-electron chi connectivity index (χ2n) is 5.00. The highest BCUT2D eigenvalue weighted by atomic mass is 127. The molecule has 0 aliphatic rings. The SMILES string of the molecule is CC(C)(C)c1noc(COc2ccc(I)cc2)n1. The van der Waals surface area contributed by atoms with Gasteiger partial charge in [0.15, 0.2) is 12.4 Å². The number of nitrogens with zero attached hydrogens (tertiary/aromatic N) is 2. The molecule has 0 unspecified atom stereocenters. The van der Waals surface area contributed by atoms with Gasteiger partial charge in [-0.05, 0) is 46.9 Å². The predicted octanol–water partition coefficient (Wildman–Crippen LogP) is 3.55. The summed E-state index contributed by atoms with van der Waals surface area (Å²) in [6, 6.07) is 7.82. The normalized spacial score (nSPS) is 11.6. The van der Waals surface area contributed by atoms with E-state index in [9.17, 15) is 0 Å². The maximum absolute atomic E-state index is 5.57. The quantitative estimate of drug-likeness (QED) is 0.788. The third-order valence-electron chi connectivity index (χ3n) is 2.31. The lowest BCUT2D eigenvalue weighted by Gasteiger charge is -2.10. The van der Waals surface area contributed by atoms with Crippen molar-refractivity contribution in [3.8, 4) is 5.75 Å². The molecular formula is C13H15IN2O2. The van der Waals surface area contributed by atoms with E-state index < -0.39 is 0 Å². The number of hydrogen-bond donors (Lipinski definition) is 0. The van der Waals surface area contributed by atoms with Gasteiger partial charge in [0.25, 0.3) is 5.89 Å². The van der Waals surface area contributed by atoms with Gasteiger partial charge in [-0.15, -0.1) is 0 Å². The highest BCUT2D eigenvalue weighted by Crippen LogP contribution is 2.19. The molecule has 4 nitrogen and oxygen atoms in total. The summed E-state index contributed by atoms with van der Waals surface area (Å²) in [4.78, 5) is 4.31. The monoisotopic (exact) mass is 358 g/mol. The van der Waals surface area contributed by atoms with E-state index in [1.165, 1.54) is 3.57 Å². The Kier molecular flexibility index (Phi) is 3.89. The maximum Gasteiger partial charge on any atom is 0.264 e. The molecule has 0 radical (unpaired) electrons. The van der Waals surface area contributed by atoms with Crippen LogP contribution in [0.15, 0.2) is 28.8 Å². The topological polar surface area (TPSA) is 48.2 Å². The van der Waals surface area contributed by atoms with Crippen molar-refractivity contribution in [2.75, 3.05) is 0 Å². The van der Waals surface area contributed by atoms with Crippen LogP contribution in [0.1, 0.15) is 32.5 Å². The van der Waals surface area contributed by atoms with Gasteiger partial charge in [0, 0.05) is 8.99 Å². The molecule has 2 rings (SSSR count). The van der Waals surface area contributed by atoms with E-state index in [0.717, 1.165) is 5.75 Å². The van der Waals surface area contributed by atoms with Crippen molar-refractivity contribution in [3.63, 3.8) is 0 Å². The van der Waals surface area contributed by atoms with Crippen LogP contribution in [0.3, 0.4) is 0 Å². The largest absolute Gasteiger partial charge is 0.484 e. The molecule has 96 valence electrons. The Hall–Kier alpha value is -1.11. The van der Waals surface area contributed by atoms with Gasteiger partial charge >= 0.3 is 0 Å². The fraction of sp³-hybridized carbons (Fsp3) is 0.385. The van der Waals surface area contributed by atoms with Gasteiger partial charge in [0.1, 0.15) is 5.75 Å². The highest BCUT2D eigenvalue weighted by molar-refractivity contribution is 14.1. The molecule has 1 aromatic heterocycles. The van der Waals surface area contributed by atoms with Crippen LogP contribution in [0.5, 0.6) is 5.75 Å². The molecule has 2 aromatic rings. The van der Waals surface area contributed by atoms with Crippen LogP contribution in [0.4, 0.5) is 0 Å². The van der Waals surface area contributed by atoms with Gasteiger partial charge in [-0.1, -0.05) is 25.9 Å². The Morgan fingerprint density at radius 2 is 1.89 bits per heavy atom. The van der Waals surface area contributed by atoms with E-state index in [4.69, 9.17) is 9.26 Å². The van der Waals surface area contributed by atoms with Crippen LogP contribution >= 0.6 is 22.6 Å². The fourth-order valence-electron chi connectivity index (χ4n) is 1.29. The standard InChI is InChI=1S/C13H15IN2O2/c1-13(2,3)12-15-11(18-16-12)8-17-10-6-4-9(14)5-7-10/h4-7H,8H2,1-3H3. The van der Waals surface area contributed by atoms with Crippen molar-refractivity contribution in [2.45, 2.75) is 32.8 Å². The molecule has 0 aliphatic heterocycles. The summed E-state index contributed by atoms with van der Waals surface area (Å²) in [7, 11) is 0. The molecule has 5 heteroatoms. The summed E-state index contributed by atoms with van der Waals surface area (Å²) in [5.74, 6) is 1.99. The molecule has 0 bridgehead atoms. The number of benzene rings is 1. The van der Waals surface area contributed by atoms with Crippen LogP contribution in [-0.2, 0) is 12.0 Å². The number of halogens is 1. The van der Waals surface area contributed by atoms with Crippen LogP contribution in [0, 0.1) is 3.57 Å². The first-order valence-corrected chi connectivity index (χ1v) is 6.74. The van der Waals surface area contributed by atoms with Crippen molar-refractivity contribution in [2.24, 2.45) is 0 Å². The first-order chi connectivity index (χ1) is 8.45. The molecule has 0 saturated heterocycles. The summed E-state index contributed by atoms with van der Waals surface area (Å²) in [6.45, 7) is 6.43. The molecule has 18 heavy (non-hydrogen) atoms. The van der Waals surface area contributed by atoms with E-state index in [2.05, 4.69) is 32.7 Å². The second kappa shape index (κ2) is 5.26. The lowest BCUT2D eigenvalue weighted by Crippen LogP contribution is -2.13. The number of aromatic nitrogens is 2. The Balaban J connectivity index is 1.98. The van der Waals surface area contributed by atoms with Crippen LogP contribution in [0.25, 0.3) is 0 Å². The third kappa shape index (κ3) is 3.44. The van der Waals surface area contributed by atoms with E-state index in [0.29, 0.717) is 18.3 Å². The van der Waals surface area contributed by atoms with Gasteiger partial charge in [-0.3, -0.25) is 0 Å². The summed E-state index contributed by atoms with van der Waals surface area (Å²) < 4.78 is 11.9. The Bertz CT molecular complexity index is 515. The van der Waals surface area contributed by atoms with Crippen molar-refractivity contribution < 1.29 is 9.26 Å². The number of ether oxygens (including phenoxy) is 1. The molecule has 0 saturated carbocycles. The molecular weight excluding hydrogens is 343 g/mol. The fourth-order valence-corrected chi connectivity index (χ4v) is 1.65. The second-order valence-corrected chi connectivity index (χ2v) is 6.25. The van der Waals surface area contributed by atoms with Crippen LogP contribution in [-0.4, -0.2) is 10.1 Å². The van der Waals surface area contributed by atoms with Gasteiger partial charge in [-0.25, -0.2) is 0 Å². The molecule has 0 fully saturated rings. The van der Waals surface area contributed by atoms with Gasteiger partial charge < -0.3 is 9.26 Å². The minimum Gasteiger partial charge on any atom is -0.484 e. The first kappa shape index (κ1) is 13.3. The average Bonchev–Trinajstić information content (AvgIpc) is 2.77. The Morgan fingerprint density at radius 3 is 2.44 bits per heavy atom. The lowest BCUT2D eigenvalue weighted by atomic mass is 9.96. The lowest BCUT2D eigenvalue weighted by molar-refractivity contribution is 0.242. The van der Waals surface area contributed by atoms with Crippen molar-refractivity contribution in [1.29, 1.82) is 0 Å². The van der Waals surface area contributed by atoms with Crippen molar-refractivity contribution >= 4 is 22.6 Å². The van der Waals surface area contributed by atoms with Gasteiger partial charge in [0.05, 0.1) is 0 Å². The minimum atomic E-state index is -0.107. The molecule has 0 N–H and O–H groups in total. The molecule has 0 amide bonds. The Morgan fingerprint density at radius 1 is 1.22 bits per heavy atom. The summed E-state index contributed by atoms with van der Waals surface area (Å²) in [6.07, 6.45) is 0. The zero-order valence-electron chi connectivity index (χ0n) is 10.6. The van der Waals surface area contributed by atoms with Crippen LogP contribution < -0.4 is 4.74 Å².